The third-order valence-electron chi connectivity index (χ3n) is 1.82. The fourth-order valence-corrected chi connectivity index (χ4v) is 1.61. The summed E-state index contributed by atoms with van der Waals surface area (Å²) in [6.45, 7) is 2.98. The minimum absolute atomic E-state index is 0.874. The minimum atomic E-state index is -3.11. The molecule has 0 saturated heterocycles. The lowest BCUT2D eigenvalue weighted by molar-refractivity contribution is -0.696. The first-order valence-electron chi connectivity index (χ1n) is 4.31. The average molecular weight is 203 g/mol. The summed E-state index contributed by atoms with van der Waals surface area (Å²) in [6, 6.07) is 0. The minimum Gasteiger partial charge on any atom is -0.236 e. The molecule has 1 heterocycles. The first kappa shape index (κ1) is 10.2. The second-order valence-corrected chi connectivity index (χ2v) is 4.99. The lowest BCUT2D eigenvalue weighted by Crippen LogP contribution is -2.31. The van der Waals surface area contributed by atoms with E-state index in [-0.39, 0.29) is 0 Å². The Morgan fingerprint density at radius 1 is 1.46 bits per heavy atom. The molecule has 0 N–H and O–H groups in total. The molecule has 1 aromatic rings. The van der Waals surface area contributed by atoms with Crippen LogP contribution in [0.5, 0.6) is 0 Å². The van der Waals surface area contributed by atoms with Crippen molar-refractivity contribution >= 4 is 10.0 Å². The molecule has 0 unspecified atom stereocenters. The number of rotatable bonds is 4. The van der Waals surface area contributed by atoms with Gasteiger partial charge in [-0.2, -0.15) is 8.42 Å². The van der Waals surface area contributed by atoms with Gasteiger partial charge < -0.3 is 0 Å². The predicted molar refractivity (Wildman–Crippen MR) is 49.8 cm³/mol. The van der Waals surface area contributed by atoms with E-state index in [9.17, 15) is 8.42 Å². The second-order valence-electron chi connectivity index (χ2n) is 3.10. The molecular weight excluding hydrogens is 188 g/mol. The van der Waals surface area contributed by atoms with Crippen molar-refractivity contribution in [2.24, 2.45) is 0 Å². The Morgan fingerprint density at radius 3 is 2.62 bits per heavy atom. The number of aromatic nitrogens is 2. The fraction of sp³-hybridized carbons (Fsp3) is 0.625. The fourth-order valence-electron chi connectivity index (χ4n) is 1.04. The standard InChI is InChI=1S/C8H15N2O2S/c1-3-4-5-9-6-7-10(8-9)13(2,11)12/h6-8H,3-5H2,1-2H3/q+1. The van der Waals surface area contributed by atoms with E-state index < -0.39 is 10.0 Å². The van der Waals surface area contributed by atoms with Gasteiger partial charge in [0, 0.05) is 0 Å². The molecule has 0 saturated carbocycles. The smallest absolute Gasteiger partial charge is 0.236 e. The summed E-state index contributed by atoms with van der Waals surface area (Å²) in [6.07, 6.45) is 8.30. The molecule has 1 aromatic heterocycles. The van der Waals surface area contributed by atoms with Crippen LogP contribution in [-0.2, 0) is 16.6 Å². The van der Waals surface area contributed by atoms with Gasteiger partial charge in [-0.25, -0.2) is 4.57 Å². The Kier molecular flexibility index (Phi) is 3.08. The van der Waals surface area contributed by atoms with Crippen LogP contribution in [0, 0.1) is 0 Å². The largest absolute Gasteiger partial charge is 0.301 e. The van der Waals surface area contributed by atoms with Crippen LogP contribution in [0.25, 0.3) is 0 Å². The molecule has 0 amide bonds. The summed E-state index contributed by atoms with van der Waals surface area (Å²) in [5.74, 6) is 0. The van der Waals surface area contributed by atoms with Crippen LogP contribution >= 0.6 is 0 Å². The van der Waals surface area contributed by atoms with Gasteiger partial charge in [0.05, 0.1) is 12.8 Å². The molecule has 74 valence electrons. The van der Waals surface area contributed by atoms with E-state index in [2.05, 4.69) is 6.92 Å². The van der Waals surface area contributed by atoms with Crippen molar-refractivity contribution in [2.75, 3.05) is 6.26 Å². The zero-order chi connectivity index (χ0) is 9.90. The van der Waals surface area contributed by atoms with E-state index in [4.69, 9.17) is 0 Å². The van der Waals surface area contributed by atoms with Crippen LogP contribution in [-0.4, -0.2) is 18.6 Å². The zero-order valence-corrected chi connectivity index (χ0v) is 8.79. The van der Waals surface area contributed by atoms with Gasteiger partial charge in [0.1, 0.15) is 12.4 Å². The SMILES string of the molecule is CCCC[n+]1ccn(S(C)(=O)=O)c1. The van der Waals surface area contributed by atoms with Gasteiger partial charge in [-0.3, -0.25) is 0 Å². The average Bonchev–Trinajstić information content (AvgIpc) is 2.47. The molecule has 1 rings (SSSR count). The molecule has 13 heavy (non-hydrogen) atoms. The molecule has 0 aliphatic heterocycles. The third-order valence-corrected chi connectivity index (χ3v) is 2.80. The van der Waals surface area contributed by atoms with Gasteiger partial charge in [0.15, 0.2) is 0 Å². The van der Waals surface area contributed by atoms with E-state index in [1.54, 1.807) is 18.7 Å². The van der Waals surface area contributed by atoms with Crippen LogP contribution in [0.3, 0.4) is 0 Å². The Morgan fingerprint density at radius 2 is 2.15 bits per heavy atom. The molecule has 0 radical (unpaired) electrons. The maximum atomic E-state index is 11.1. The quantitative estimate of drug-likeness (QED) is 0.664. The van der Waals surface area contributed by atoms with Crippen molar-refractivity contribution in [3.63, 3.8) is 0 Å². The molecule has 4 nitrogen and oxygen atoms in total. The molecule has 0 spiro atoms. The van der Waals surface area contributed by atoms with E-state index in [1.165, 1.54) is 10.2 Å². The van der Waals surface area contributed by atoms with Crippen molar-refractivity contribution in [2.45, 2.75) is 26.3 Å². The molecule has 0 aliphatic carbocycles. The van der Waals surface area contributed by atoms with Crippen LogP contribution in [0.1, 0.15) is 19.8 Å². The van der Waals surface area contributed by atoms with Gasteiger partial charge in [0.2, 0.25) is 0 Å². The number of hydrogen-bond donors (Lipinski definition) is 0. The number of aryl methyl sites for hydroxylation is 1. The predicted octanol–water partition coefficient (Wildman–Crippen LogP) is 0.383. The Hall–Kier alpha value is -0.840. The highest BCUT2D eigenvalue weighted by molar-refractivity contribution is 7.89. The molecule has 0 fully saturated rings. The number of unbranched alkanes of at least 4 members (excludes halogenated alkanes) is 1. The maximum Gasteiger partial charge on any atom is 0.301 e. The summed E-state index contributed by atoms with van der Waals surface area (Å²) in [5.41, 5.74) is 0. The Balaban J connectivity index is 2.76. The number of imidazole rings is 1. The van der Waals surface area contributed by atoms with E-state index >= 15 is 0 Å². The van der Waals surface area contributed by atoms with Crippen LogP contribution in [0.2, 0.25) is 0 Å². The summed E-state index contributed by atoms with van der Waals surface area (Å²) in [5, 5.41) is 0. The van der Waals surface area contributed by atoms with Gasteiger partial charge in [0.25, 0.3) is 6.33 Å². The summed E-state index contributed by atoms with van der Waals surface area (Å²) in [7, 11) is -3.11. The molecule has 0 aromatic carbocycles. The highest BCUT2D eigenvalue weighted by Crippen LogP contribution is 1.92. The lowest BCUT2D eigenvalue weighted by Gasteiger charge is -1.92. The highest BCUT2D eigenvalue weighted by atomic mass is 32.2. The van der Waals surface area contributed by atoms with E-state index in [1.807, 2.05) is 4.57 Å². The zero-order valence-electron chi connectivity index (χ0n) is 7.97. The number of hydrogen-bond acceptors (Lipinski definition) is 2. The summed E-state index contributed by atoms with van der Waals surface area (Å²) in [4.78, 5) is 0. The molecule has 0 bridgehead atoms. The monoisotopic (exact) mass is 203 g/mol. The Labute approximate surface area is 78.9 Å². The van der Waals surface area contributed by atoms with Gasteiger partial charge >= 0.3 is 10.0 Å². The summed E-state index contributed by atoms with van der Waals surface area (Å²) >= 11 is 0. The maximum absolute atomic E-state index is 11.1. The van der Waals surface area contributed by atoms with E-state index in [0.717, 1.165) is 19.4 Å². The molecule has 0 aliphatic rings. The normalized spacial score (nSPS) is 11.8. The van der Waals surface area contributed by atoms with Crippen molar-refractivity contribution in [1.82, 2.24) is 3.97 Å². The first-order chi connectivity index (χ1) is 6.04. The van der Waals surface area contributed by atoms with Gasteiger partial charge in [-0.05, 0) is 6.42 Å². The van der Waals surface area contributed by atoms with Crippen molar-refractivity contribution in [3.05, 3.63) is 18.7 Å². The van der Waals surface area contributed by atoms with Crippen LogP contribution in [0.4, 0.5) is 0 Å². The summed E-state index contributed by atoms with van der Waals surface area (Å²) < 4.78 is 25.2. The topological polar surface area (TPSA) is 43.0 Å². The highest BCUT2D eigenvalue weighted by Gasteiger charge is 2.12. The number of nitrogens with zero attached hydrogens (tertiary/aromatic N) is 2. The lowest BCUT2D eigenvalue weighted by atomic mass is 10.3. The Bertz CT molecular complexity index is 367. The second kappa shape index (κ2) is 3.91. The first-order valence-corrected chi connectivity index (χ1v) is 6.16. The third kappa shape index (κ3) is 2.84. The molecule has 0 atom stereocenters. The van der Waals surface area contributed by atoms with E-state index in [0.29, 0.717) is 0 Å². The van der Waals surface area contributed by atoms with Crippen molar-refractivity contribution in [3.8, 4) is 0 Å². The van der Waals surface area contributed by atoms with Crippen LogP contribution in [0.15, 0.2) is 18.7 Å². The van der Waals surface area contributed by atoms with Crippen molar-refractivity contribution < 1.29 is 13.0 Å². The molecule has 5 heteroatoms. The molecular formula is C8H15N2O2S+. The van der Waals surface area contributed by atoms with Gasteiger partial charge in [-0.15, -0.1) is 3.97 Å². The van der Waals surface area contributed by atoms with Crippen molar-refractivity contribution in [1.29, 1.82) is 0 Å². The van der Waals surface area contributed by atoms with Gasteiger partial charge in [-0.1, -0.05) is 13.3 Å². The van der Waals surface area contributed by atoms with Crippen LogP contribution < -0.4 is 4.57 Å².